The van der Waals surface area contributed by atoms with Gasteiger partial charge >= 0.3 is 276 Å². The molecule has 4 aliphatic heterocycles. The van der Waals surface area contributed by atoms with Gasteiger partial charge in [-0.25, -0.2) is 0 Å². The Hall–Kier alpha value is 7.62. The molecule has 92 heavy (non-hydrogen) atoms. The third kappa shape index (κ3) is 13.5. The third-order valence-electron chi connectivity index (χ3n) is 20.4. The summed E-state index contributed by atoms with van der Waals surface area (Å²) in [5.74, 6) is 0. The predicted octanol–water partition coefficient (Wildman–Crippen LogP) is 33.2. The van der Waals surface area contributed by atoms with Crippen LogP contribution in [0.1, 0.15) is 109 Å². The Kier molecular flexibility index (Phi) is 27.0. The van der Waals surface area contributed by atoms with Crippen molar-refractivity contribution in [1.29, 1.82) is 0 Å². The van der Waals surface area contributed by atoms with E-state index < -0.39 is 55.3 Å². The molecule has 0 saturated heterocycles. The van der Waals surface area contributed by atoms with Gasteiger partial charge in [-0.05, 0) is 147 Å². The molecular formula is C67H65BI20N4. The van der Waals surface area contributed by atoms with Crippen molar-refractivity contribution in [2.45, 2.75) is 122 Å². The number of hydrogen-bond donors (Lipinski definition) is 0. The van der Waals surface area contributed by atoms with Crippen LogP contribution in [0.4, 0.5) is 22.7 Å². The summed E-state index contributed by atoms with van der Waals surface area (Å²) < 4.78 is 5.03. The number of anilines is 4. The van der Waals surface area contributed by atoms with Crippen LogP contribution in [0, 0.1) is 13.8 Å². The van der Waals surface area contributed by atoms with Gasteiger partial charge in [0.05, 0.1) is 27.6 Å². The number of para-hydroxylation sites is 6. The Balaban J connectivity index is 0.000000131. The Labute approximate surface area is 685 Å². The topological polar surface area (TPSA) is 16.3 Å². The molecule has 0 radical (unpaired) electrons. The van der Waals surface area contributed by atoms with Crippen LogP contribution >= 0.6 is 276 Å². The van der Waals surface area contributed by atoms with Crippen molar-refractivity contribution in [3.63, 3.8) is 0 Å². The van der Waals surface area contributed by atoms with Crippen molar-refractivity contribution >= 4 is 365 Å². The zero-order chi connectivity index (χ0) is 64.0. The average Bonchev–Trinajstić information content (AvgIpc) is 1.46. The number of nitrogens with zero attached hydrogens (tertiary/aromatic N) is 4. The molecule has 16 rings (SSSR count). The van der Waals surface area contributed by atoms with E-state index >= 15 is 0 Å². The van der Waals surface area contributed by atoms with Gasteiger partial charge in [-0.3, -0.25) is 0 Å². The molecule has 2 aromatic heterocycles. The van der Waals surface area contributed by atoms with E-state index in [0.29, 0.717) is 0 Å². The average molecular weight is 3480 g/mol. The maximum absolute atomic E-state index is 3.16. The Morgan fingerprint density at radius 3 is 1.39 bits per heavy atom. The van der Waals surface area contributed by atoms with Crippen LogP contribution in [0.5, 0.6) is 0 Å². The number of aryl methyl sites for hydroxylation is 2. The van der Waals surface area contributed by atoms with Gasteiger partial charge in [0, 0.05) is 72.0 Å². The summed E-state index contributed by atoms with van der Waals surface area (Å²) in [6.07, 6.45) is 10.2. The van der Waals surface area contributed by atoms with E-state index in [1.807, 2.05) is 0 Å². The van der Waals surface area contributed by atoms with Crippen LogP contribution in [0.25, 0.3) is 55.0 Å². The van der Waals surface area contributed by atoms with Gasteiger partial charge in [0.15, 0.2) is 0 Å². The first kappa shape index (κ1) is 77.8. The van der Waals surface area contributed by atoms with Gasteiger partial charge in [-0.2, -0.15) is 0 Å². The molecular weight excluding hydrogens is 3410 g/mol. The molecule has 0 N–H and O–H groups in total. The Morgan fingerprint density at radius 2 is 0.804 bits per heavy atom. The van der Waals surface area contributed by atoms with Crippen molar-refractivity contribution in [2.75, 3.05) is 9.80 Å². The quantitative estimate of drug-likeness (QED) is 0.100. The van der Waals surface area contributed by atoms with Crippen molar-refractivity contribution in [1.82, 2.24) is 9.13 Å². The number of hydrogen-bond acceptors (Lipinski definition) is 2. The molecule has 4 atom stereocenters. The molecule has 10 aromatic rings. The van der Waals surface area contributed by atoms with Gasteiger partial charge < -0.3 is 18.9 Å². The van der Waals surface area contributed by atoms with Crippen LogP contribution in [-0.4, -0.2) is 26.9 Å². The molecule has 4 nitrogen and oxygen atoms in total. The van der Waals surface area contributed by atoms with Gasteiger partial charge in [-0.15, -0.1) is 0 Å². The fourth-order valence-electron chi connectivity index (χ4n) is 16.4. The van der Waals surface area contributed by atoms with Crippen LogP contribution in [0.3, 0.4) is 0 Å². The van der Waals surface area contributed by atoms with Crippen LogP contribution < -0.4 is 26.2 Å². The maximum atomic E-state index is 3.16. The normalized spacial score (nSPS) is 22.5. The number of rotatable bonds is 10. The Morgan fingerprint density at radius 1 is 0.380 bits per heavy atom. The summed E-state index contributed by atoms with van der Waals surface area (Å²) >= 11 is 33.3. The van der Waals surface area contributed by atoms with E-state index in [2.05, 4.69) is 429 Å². The van der Waals surface area contributed by atoms with Gasteiger partial charge in [-0.1, -0.05) is 156 Å². The summed E-state index contributed by atoms with van der Waals surface area (Å²) in [6.45, 7) is 14.9. The second-order valence-electron chi connectivity index (χ2n) is 24.7. The van der Waals surface area contributed by atoms with Crippen LogP contribution in [-0.2, 0) is 10.8 Å². The molecule has 6 heterocycles. The molecule has 8 aromatic carbocycles. The molecule has 25 heteroatoms. The molecule has 0 amide bonds. The van der Waals surface area contributed by atoms with Crippen LogP contribution in [0.2, 0.25) is 0 Å². The van der Waals surface area contributed by atoms with Crippen LogP contribution in [0.15, 0.2) is 164 Å². The molecule has 0 spiro atoms. The standard InChI is InChI=1S/C33H29BN2.C33H32N2.CH4.I20/c1-20-18-27-29-28(19-20)36-31-23(32(2)16-6-7-17-33(32,36)3)12-9-14-25(31)34(29)24-13-8-11-22-21-10-4-5-15-26(21)35(27)30(22)24;1-23-20-24(34-29-15-7-4-12-26(29)27-13-5-8-16-30(27)34)22-25(21-23)35-31-17-9-6-14-28(31)32(2)18-10-11-19-33(32,35)3;;1-12(2)14(5)16(7)18(9)20(11)19(10)17(8)15(6)13(3)4/h4-5,8-15,18-19H,6-7,16-17H2,1-3H3;4-9,12-17,20-22H,10-11,18-19H2,1-3H3;1H4;. The molecule has 496 valence electrons. The third-order valence-corrected chi connectivity index (χ3v) is 1340. The molecule has 4 unspecified atom stereocenters. The molecule has 2 aliphatic carbocycles. The summed E-state index contributed by atoms with van der Waals surface area (Å²) in [7, 11) is -3.66. The summed E-state index contributed by atoms with van der Waals surface area (Å²) in [5, 5.41) is 5.35. The fraction of sp³-hybridized carbons (Fsp3) is 0.284. The Bertz CT molecular complexity index is 4430. The van der Waals surface area contributed by atoms with E-state index in [0.717, 1.165) is 0 Å². The minimum atomic E-state index is -0.438. The number of fused-ring (bicyclic) bond motifs is 16. The first-order valence-electron chi connectivity index (χ1n) is 29.4. The van der Waals surface area contributed by atoms with E-state index in [1.165, 1.54) is 162 Å². The van der Waals surface area contributed by atoms with Gasteiger partial charge in [0.25, 0.3) is 6.71 Å². The monoisotopic (exact) mass is 3470 g/mol. The number of halogens is 20. The second kappa shape index (κ2) is 31.9. The van der Waals surface area contributed by atoms with Crippen molar-refractivity contribution in [3.05, 3.63) is 186 Å². The van der Waals surface area contributed by atoms with Crippen molar-refractivity contribution in [2.24, 2.45) is 0 Å². The number of benzene rings is 8. The van der Waals surface area contributed by atoms with Crippen molar-refractivity contribution in [3.8, 4) is 11.4 Å². The van der Waals surface area contributed by atoms with E-state index in [-0.39, 0.29) is 51.8 Å². The molecule has 2 saturated carbocycles. The van der Waals surface area contributed by atoms with E-state index in [9.17, 15) is 0 Å². The van der Waals surface area contributed by atoms with E-state index in [1.54, 1.807) is 5.56 Å². The fourth-order valence-corrected chi connectivity index (χ4v) is 2950. The zero-order valence-corrected chi connectivity index (χ0v) is 92.8. The minimum absolute atomic E-state index is 0. The summed E-state index contributed by atoms with van der Waals surface area (Å²) in [4.78, 5) is 5.50. The van der Waals surface area contributed by atoms with Gasteiger partial charge in [0.1, 0.15) is 0 Å². The zero-order valence-electron chi connectivity index (χ0n) is 49.7. The molecule has 0 bridgehead atoms. The second-order valence-corrected chi connectivity index (χ2v) is 463. The van der Waals surface area contributed by atoms with Crippen molar-refractivity contribution < 1.29 is 0 Å². The first-order chi connectivity index (χ1) is 43.6. The molecule has 6 aliphatic rings. The molecule has 2 fully saturated rings. The van der Waals surface area contributed by atoms with E-state index in [4.69, 9.17) is 0 Å². The predicted molar refractivity (Wildman–Crippen MR) is 588 cm³/mol. The SMILES string of the molecule is C.Cc1cc(N2c3ccccc3C3(C)CCCCC23C)cc(-n2c3ccccc3c3ccccc32)c1.Cc1cc2c3c(c1)-n1c4ccccc4c4cccc(c41)B3c1cccc3c1N2C1(C)CCCCC31C.II(I)I(I)I(I)I(I)I(I)I(I)I(I)I(I)I(I)I. The number of aromatic nitrogens is 2. The summed E-state index contributed by atoms with van der Waals surface area (Å²) in [5.41, 5.74) is 24.2. The van der Waals surface area contributed by atoms with Gasteiger partial charge in [0.2, 0.25) is 0 Å². The first-order valence-corrected chi connectivity index (χ1v) is 149. The summed E-state index contributed by atoms with van der Waals surface area (Å²) in [6, 6.07) is 62.0.